The molecule has 0 bridgehead atoms. The van der Waals surface area contributed by atoms with E-state index in [1.54, 1.807) is 13.2 Å². The first kappa shape index (κ1) is 13.6. The Kier molecular flexibility index (Phi) is 3.86. The van der Waals surface area contributed by atoms with Crippen molar-refractivity contribution in [3.05, 3.63) is 64.5 Å². The molecule has 1 atom stereocenters. The molecule has 0 amide bonds. The summed E-state index contributed by atoms with van der Waals surface area (Å²) < 4.78 is 18.4. The fourth-order valence-electron chi connectivity index (χ4n) is 2.26. The lowest BCUT2D eigenvalue weighted by Gasteiger charge is -2.17. The zero-order valence-corrected chi connectivity index (χ0v) is 11.4. The van der Waals surface area contributed by atoms with E-state index in [2.05, 4.69) is 0 Å². The normalized spacial score (nSPS) is 12.3. The van der Waals surface area contributed by atoms with Gasteiger partial charge in [0.1, 0.15) is 11.6 Å². The SMILES string of the molecule is COc1ccc(C(N)c2ccc(F)cc2C)cc1C. The van der Waals surface area contributed by atoms with E-state index in [0.717, 1.165) is 28.0 Å². The predicted octanol–water partition coefficient (Wildman–Crippen LogP) is 3.50. The molecule has 0 aliphatic carbocycles. The Balaban J connectivity index is 2.38. The van der Waals surface area contributed by atoms with E-state index in [4.69, 9.17) is 10.5 Å². The second kappa shape index (κ2) is 5.41. The molecule has 0 fully saturated rings. The maximum atomic E-state index is 13.1. The van der Waals surface area contributed by atoms with Gasteiger partial charge in [-0.15, -0.1) is 0 Å². The predicted molar refractivity (Wildman–Crippen MR) is 74.9 cm³/mol. The molecule has 0 aromatic heterocycles. The van der Waals surface area contributed by atoms with Gasteiger partial charge < -0.3 is 10.5 Å². The summed E-state index contributed by atoms with van der Waals surface area (Å²) in [6, 6.07) is 10.3. The number of aryl methyl sites for hydroxylation is 2. The highest BCUT2D eigenvalue weighted by Crippen LogP contribution is 2.27. The summed E-state index contributed by atoms with van der Waals surface area (Å²) in [5.74, 6) is 0.603. The summed E-state index contributed by atoms with van der Waals surface area (Å²) in [7, 11) is 1.64. The fourth-order valence-corrected chi connectivity index (χ4v) is 2.26. The Labute approximate surface area is 113 Å². The number of halogens is 1. The molecule has 2 aromatic rings. The van der Waals surface area contributed by atoms with Crippen LogP contribution in [0.5, 0.6) is 5.75 Å². The minimum Gasteiger partial charge on any atom is -0.496 e. The molecule has 0 spiro atoms. The molecular weight excluding hydrogens is 241 g/mol. The molecule has 0 aliphatic rings. The highest BCUT2D eigenvalue weighted by Gasteiger charge is 2.13. The lowest BCUT2D eigenvalue weighted by Crippen LogP contribution is -2.13. The van der Waals surface area contributed by atoms with Gasteiger partial charge in [-0.25, -0.2) is 4.39 Å². The number of rotatable bonds is 3. The van der Waals surface area contributed by atoms with Crippen molar-refractivity contribution in [2.75, 3.05) is 7.11 Å². The number of ether oxygens (including phenoxy) is 1. The molecule has 0 saturated heterocycles. The van der Waals surface area contributed by atoms with Crippen LogP contribution in [0.3, 0.4) is 0 Å². The van der Waals surface area contributed by atoms with E-state index in [-0.39, 0.29) is 11.9 Å². The largest absolute Gasteiger partial charge is 0.496 e. The highest BCUT2D eigenvalue weighted by atomic mass is 19.1. The molecule has 0 aliphatic heterocycles. The van der Waals surface area contributed by atoms with Gasteiger partial charge in [-0.05, 0) is 54.3 Å². The number of hydrogen-bond acceptors (Lipinski definition) is 2. The molecule has 1 unspecified atom stereocenters. The van der Waals surface area contributed by atoms with E-state index < -0.39 is 0 Å². The van der Waals surface area contributed by atoms with Gasteiger partial charge in [0.05, 0.1) is 13.2 Å². The topological polar surface area (TPSA) is 35.2 Å². The van der Waals surface area contributed by atoms with Crippen LogP contribution in [-0.2, 0) is 0 Å². The Morgan fingerprint density at radius 2 is 1.79 bits per heavy atom. The first-order valence-electron chi connectivity index (χ1n) is 6.19. The maximum Gasteiger partial charge on any atom is 0.123 e. The van der Waals surface area contributed by atoms with Gasteiger partial charge in [-0.3, -0.25) is 0 Å². The minimum absolute atomic E-state index is 0.237. The average Bonchev–Trinajstić information content (AvgIpc) is 2.38. The van der Waals surface area contributed by atoms with Gasteiger partial charge in [0.2, 0.25) is 0 Å². The second-order valence-electron chi connectivity index (χ2n) is 4.71. The van der Waals surface area contributed by atoms with Crippen LogP contribution in [0.15, 0.2) is 36.4 Å². The van der Waals surface area contributed by atoms with E-state index in [1.165, 1.54) is 12.1 Å². The highest BCUT2D eigenvalue weighted by molar-refractivity contribution is 5.42. The number of methoxy groups -OCH3 is 1. The minimum atomic E-state index is -0.259. The molecule has 2 rings (SSSR count). The van der Waals surface area contributed by atoms with Gasteiger partial charge >= 0.3 is 0 Å². The molecule has 3 heteroatoms. The smallest absolute Gasteiger partial charge is 0.123 e. The molecule has 0 heterocycles. The van der Waals surface area contributed by atoms with Crippen molar-refractivity contribution in [1.29, 1.82) is 0 Å². The second-order valence-corrected chi connectivity index (χ2v) is 4.71. The quantitative estimate of drug-likeness (QED) is 0.915. The zero-order valence-electron chi connectivity index (χ0n) is 11.4. The average molecular weight is 259 g/mol. The third kappa shape index (κ3) is 2.76. The van der Waals surface area contributed by atoms with Crippen LogP contribution in [0.25, 0.3) is 0 Å². The third-order valence-corrected chi connectivity index (χ3v) is 3.34. The summed E-state index contributed by atoms with van der Waals surface area (Å²) in [5.41, 5.74) is 10.1. The van der Waals surface area contributed by atoms with Crippen LogP contribution in [-0.4, -0.2) is 7.11 Å². The van der Waals surface area contributed by atoms with Crippen LogP contribution in [0, 0.1) is 19.7 Å². The van der Waals surface area contributed by atoms with Crippen LogP contribution >= 0.6 is 0 Å². The third-order valence-electron chi connectivity index (χ3n) is 3.34. The number of benzene rings is 2. The summed E-state index contributed by atoms with van der Waals surface area (Å²) in [6.07, 6.45) is 0. The van der Waals surface area contributed by atoms with Gasteiger partial charge in [-0.1, -0.05) is 18.2 Å². The van der Waals surface area contributed by atoms with Gasteiger partial charge in [0, 0.05) is 0 Å². The van der Waals surface area contributed by atoms with Crippen molar-refractivity contribution < 1.29 is 9.13 Å². The fraction of sp³-hybridized carbons (Fsp3) is 0.250. The summed E-state index contributed by atoms with van der Waals surface area (Å²) >= 11 is 0. The Bertz CT molecular complexity index is 595. The van der Waals surface area contributed by atoms with E-state index in [1.807, 2.05) is 32.0 Å². The van der Waals surface area contributed by atoms with Crippen LogP contribution in [0.2, 0.25) is 0 Å². The van der Waals surface area contributed by atoms with Crippen molar-refractivity contribution in [3.63, 3.8) is 0 Å². The Hall–Kier alpha value is -1.87. The zero-order chi connectivity index (χ0) is 14.0. The molecular formula is C16H18FNO. The molecule has 19 heavy (non-hydrogen) atoms. The van der Waals surface area contributed by atoms with Crippen molar-refractivity contribution in [2.24, 2.45) is 5.73 Å². The van der Waals surface area contributed by atoms with E-state index in [9.17, 15) is 4.39 Å². The van der Waals surface area contributed by atoms with E-state index in [0.29, 0.717) is 0 Å². The number of nitrogens with two attached hydrogens (primary N) is 1. The van der Waals surface area contributed by atoms with Crippen LogP contribution in [0.4, 0.5) is 4.39 Å². The molecule has 2 nitrogen and oxygen atoms in total. The molecule has 0 saturated carbocycles. The van der Waals surface area contributed by atoms with Crippen LogP contribution < -0.4 is 10.5 Å². The molecule has 0 radical (unpaired) electrons. The maximum absolute atomic E-state index is 13.1. The lowest BCUT2D eigenvalue weighted by atomic mass is 9.94. The first-order chi connectivity index (χ1) is 9.02. The molecule has 100 valence electrons. The van der Waals surface area contributed by atoms with Crippen LogP contribution in [0.1, 0.15) is 28.3 Å². The van der Waals surface area contributed by atoms with E-state index >= 15 is 0 Å². The lowest BCUT2D eigenvalue weighted by molar-refractivity contribution is 0.411. The monoisotopic (exact) mass is 259 g/mol. The number of hydrogen-bond donors (Lipinski definition) is 1. The van der Waals surface area contributed by atoms with Crippen molar-refractivity contribution in [2.45, 2.75) is 19.9 Å². The summed E-state index contributed by atoms with van der Waals surface area (Å²) in [6.45, 7) is 3.85. The first-order valence-corrected chi connectivity index (χ1v) is 6.19. The van der Waals surface area contributed by atoms with Gasteiger partial charge in [-0.2, -0.15) is 0 Å². The Morgan fingerprint density at radius 1 is 1.05 bits per heavy atom. The van der Waals surface area contributed by atoms with Gasteiger partial charge in [0.25, 0.3) is 0 Å². The summed E-state index contributed by atoms with van der Waals surface area (Å²) in [4.78, 5) is 0. The van der Waals surface area contributed by atoms with Crippen molar-refractivity contribution in [3.8, 4) is 5.75 Å². The molecule has 2 aromatic carbocycles. The summed E-state index contributed by atoms with van der Waals surface area (Å²) in [5, 5.41) is 0. The van der Waals surface area contributed by atoms with Crippen molar-refractivity contribution in [1.82, 2.24) is 0 Å². The Morgan fingerprint density at radius 3 is 2.37 bits per heavy atom. The van der Waals surface area contributed by atoms with Gasteiger partial charge in [0.15, 0.2) is 0 Å². The standard InChI is InChI=1S/C16H18FNO/c1-10-9-13(17)5-6-14(10)16(18)12-4-7-15(19-3)11(2)8-12/h4-9,16H,18H2,1-3H3. The van der Waals surface area contributed by atoms with Crippen molar-refractivity contribution >= 4 is 0 Å². The molecule has 2 N–H and O–H groups in total.